The molecule has 0 aliphatic rings. The molecule has 0 unspecified atom stereocenters. The van der Waals surface area contributed by atoms with Gasteiger partial charge in [-0.25, -0.2) is 4.98 Å². The first-order valence-corrected chi connectivity index (χ1v) is 11.1. The van der Waals surface area contributed by atoms with Crippen LogP contribution in [0.25, 0.3) is 16.6 Å². The second-order valence-corrected chi connectivity index (χ2v) is 8.67. The van der Waals surface area contributed by atoms with Crippen molar-refractivity contribution in [2.75, 3.05) is 11.1 Å². The van der Waals surface area contributed by atoms with Crippen molar-refractivity contribution in [2.24, 2.45) is 0 Å². The SMILES string of the molecule is O=C(CSc1nc2ccccc2c(=O)n1-c1ccc(Br)cc1)Nc1ccc(Cl)cc1. The molecule has 0 aliphatic heterocycles. The number of nitrogens with zero attached hydrogens (tertiary/aromatic N) is 2. The number of thioether (sulfide) groups is 1. The van der Waals surface area contributed by atoms with E-state index < -0.39 is 0 Å². The summed E-state index contributed by atoms with van der Waals surface area (Å²) in [5.41, 5.74) is 1.75. The number of hydrogen-bond donors (Lipinski definition) is 1. The maximum absolute atomic E-state index is 13.2. The van der Waals surface area contributed by atoms with Crippen LogP contribution in [0, 0.1) is 0 Å². The number of rotatable bonds is 5. The number of anilines is 1. The molecule has 4 rings (SSSR count). The number of carbonyl (C=O) groups is 1. The van der Waals surface area contributed by atoms with Crippen molar-refractivity contribution < 1.29 is 4.79 Å². The Balaban J connectivity index is 1.66. The normalized spacial score (nSPS) is 10.9. The average molecular weight is 501 g/mol. The molecule has 0 bridgehead atoms. The molecule has 4 aromatic rings. The highest BCUT2D eigenvalue weighted by atomic mass is 79.9. The van der Waals surface area contributed by atoms with Gasteiger partial charge in [0.25, 0.3) is 5.56 Å². The summed E-state index contributed by atoms with van der Waals surface area (Å²) in [4.78, 5) is 30.3. The number of para-hydroxylation sites is 1. The molecule has 0 atom stereocenters. The van der Waals surface area contributed by atoms with E-state index in [0.717, 1.165) is 4.47 Å². The molecule has 0 fully saturated rings. The van der Waals surface area contributed by atoms with Crippen molar-refractivity contribution in [2.45, 2.75) is 5.16 Å². The van der Waals surface area contributed by atoms with Crippen molar-refractivity contribution in [1.82, 2.24) is 9.55 Å². The van der Waals surface area contributed by atoms with Gasteiger partial charge in [0, 0.05) is 15.2 Å². The first-order valence-electron chi connectivity index (χ1n) is 8.97. The van der Waals surface area contributed by atoms with E-state index in [2.05, 4.69) is 26.2 Å². The second kappa shape index (κ2) is 9.04. The van der Waals surface area contributed by atoms with E-state index in [1.165, 1.54) is 16.3 Å². The lowest BCUT2D eigenvalue weighted by Gasteiger charge is -2.13. The van der Waals surface area contributed by atoms with E-state index in [0.29, 0.717) is 32.5 Å². The first kappa shape index (κ1) is 20.7. The van der Waals surface area contributed by atoms with E-state index in [-0.39, 0.29) is 17.2 Å². The second-order valence-electron chi connectivity index (χ2n) is 6.37. The van der Waals surface area contributed by atoms with Crippen LogP contribution in [0.2, 0.25) is 5.02 Å². The molecule has 0 saturated heterocycles. The Morgan fingerprint density at radius 1 is 1.03 bits per heavy atom. The topological polar surface area (TPSA) is 64.0 Å². The van der Waals surface area contributed by atoms with Gasteiger partial charge in [-0.15, -0.1) is 0 Å². The molecule has 1 amide bonds. The first-order chi connectivity index (χ1) is 14.5. The van der Waals surface area contributed by atoms with Crippen LogP contribution in [0.15, 0.2) is 87.2 Å². The molecule has 150 valence electrons. The standard InChI is InChI=1S/C22H15BrClN3O2S/c23-14-5-11-17(12-6-14)27-21(29)18-3-1-2-4-19(18)26-22(27)30-13-20(28)25-16-9-7-15(24)8-10-16/h1-12H,13H2,(H,25,28). The number of halogens is 2. The van der Waals surface area contributed by atoms with E-state index in [1.54, 1.807) is 36.4 Å². The Morgan fingerprint density at radius 2 is 1.73 bits per heavy atom. The van der Waals surface area contributed by atoms with Crippen molar-refractivity contribution in [1.29, 1.82) is 0 Å². The molecule has 0 radical (unpaired) electrons. The van der Waals surface area contributed by atoms with Crippen LogP contribution in [0.1, 0.15) is 0 Å². The lowest BCUT2D eigenvalue weighted by atomic mass is 10.2. The van der Waals surface area contributed by atoms with Crippen LogP contribution < -0.4 is 10.9 Å². The average Bonchev–Trinajstić information content (AvgIpc) is 2.75. The van der Waals surface area contributed by atoms with Gasteiger partial charge in [0.2, 0.25) is 5.91 Å². The molecular formula is C22H15BrClN3O2S. The highest BCUT2D eigenvalue weighted by Crippen LogP contribution is 2.23. The van der Waals surface area contributed by atoms with Crippen LogP contribution >= 0.6 is 39.3 Å². The molecular weight excluding hydrogens is 486 g/mol. The Hall–Kier alpha value is -2.61. The molecule has 5 nitrogen and oxygen atoms in total. The molecule has 0 spiro atoms. The van der Waals surface area contributed by atoms with E-state index in [4.69, 9.17) is 11.6 Å². The quantitative estimate of drug-likeness (QED) is 0.289. The third-order valence-corrected chi connectivity index (χ3v) is 6.01. The van der Waals surface area contributed by atoms with E-state index in [9.17, 15) is 9.59 Å². The fraction of sp³-hybridized carbons (Fsp3) is 0.0455. The third-order valence-electron chi connectivity index (χ3n) is 4.29. The minimum absolute atomic E-state index is 0.101. The number of nitrogens with one attached hydrogen (secondary N) is 1. The summed E-state index contributed by atoms with van der Waals surface area (Å²) in [5.74, 6) is -0.101. The minimum atomic E-state index is -0.202. The van der Waals surface area contributed by atoms with Crippen LogP contribution in [0.4, 0.5) is 5.69 Å². The van der Waals surface area contributed by atoms with Gasteiger partial charge < -0.3 is 5.32 Å². The van der Waals surface area contributed by atoms with Gasteiger partial charge in [0.15, 0.2) is 5.16 Å². The molecule has 3 aromatic carbocycles. The maximum atomic E-state index is 13.2. The molecule has 0 aliphatic carbocycles. The number of hydrogen-bond acceptors (Lipinski definition) is 4. The molecule has 1 aromatic heterocycles. The molecule has 1 heterocycles. The summed E-state index contributed by atoms with van der Waals surface area (Å²) in [5, 5.41) is 4.39. The van der Waals surface area contributed by atoms with Crippen LogP contribution in [-0.4, -0.2) is 21.2 Å². The summed E-state index contributed by atoms with van der Waals surface area (Å²) in [6.45, 7) is 0. The summed E-state index contributed by atoms with van der Waals surface area (Å²) >= 11 is 10.5. The summed E-state index contributed by atoms with van der Waals surface area (Å²) in [6.07, 6.45) is 0. The summed E-state index contributed by atoms with van der Waals surface area (Å²) < 4.78 is 2.44. The zero-order valence-electron chi connectivity index (χ0n) is 15.5. The number of benzene rings is 3. The van der Waals surface area contributed by atoms with Crippen LogP contribution in [0.5, 0.6) is 0 Å². The van der Waals surface area contributed by atoms with Gasteiger partial charge >= 0.3 is 0 Å². The monoisotopic (exact) mass is 499 g/mol. The Kier molecular flexibility index (Phi) is 6.22. The summed E-state index contributed by atoms with van der Waals surface area (Å²) in [6, 6.07) is 21.5. The zero-order valence-corrected chi connectivity index (χ0v) is 18.7. The number of fused-ring (bicyclic) bond motifs is 1. The Bertz CT molecular complexity index is 1270. The van der Waals surface area contributed by atoms with Gasteiger partial charge in [-0.05, 0) is 60.7 Å². The van der Waals surface area contributed by atoms with E-state index >= 15 is 0 Å². The molecule has 1 N–H and O–H groups in total. The number of carbonyl (C=O) groups excluding carboxylic acids is 1. The Morgan fingerprint density at radius 3 is 2.47 bits per heavy atom. The van der Waals surface area contributed by atoms with Crippen molar-refractivity contribution >= 4 is 61.8 Å². The third kappa shape index (κ3) is 4.59. The van der Waals surface area contributed by atoms with E-state index in [1.807, 2.05) is 36.4 Å². The lowest BCUT2D eigenvalue weighted by molar-refractivity contribution is -0.113. The summed E-state index contributed by atoms with van der Waals surface area (Å²) in [7, 11) is 0. The predicted octanol–water partition coefficient (Wildman–Crippen LogP) is 5.53. The van der Waals surface area contributed by atoms with Crippen molar-refractivity contribution in [3.05, 3.63) is 92.6 Å². The fourth-order valence-electron chi connectivity index (χ4n) is 2.89. The smallest absolute Gasteiger partial charge is 0.266 e. The predicted molar refractivity (Wildman–Crippen MR) is 126 cm³/mol. The van der Waals surface area contributed by atoms with Gasteiger partial charge in [0.1, 0.15) is 0 Å². The zero-order chi connectivity index (χ0) is 21.1. The molecule has 8 heteroatoms. The highest BCUT2D eigenvalue weighted by molar-refractivity contribution is 9.10. The fourth-order valence-corrected chi connectivity index (χ4v) is 4.09. The minimum Gasteiger partial charge on any atom is -0.325 e. The van der Waals surface area contributed by atoms with Gasteiger partial charge in [-0.2, -0.15) is 0 Å². The van der Waals surface area contributed by atoms with Gasteiger partial charge in [-0.3, -0.25) is 14.2 Å². The van der Waals surface area contributed by atoms with Crippen molar-refractivity contribution in [3.8, 4) is 5.69 Å². The highest BCUT2D eigenvalue weighted by Gasteiger charge is 2.15. The van der Waals surface area contributed by atoms with Gasteiger partial charge in [0.05, 0.1) is 22.3 Å². The van der Waals surface area contributed by atoms with Gasteiger partial charge in [-0.1, -0.05) is 51.4 Å². The molecule has 0 saturated carbocycles. The largest absolute Gasteiger partial charge is 0.325 e. The Labute approximate surface area is 190 Å². The van der Waals surface area contributed by atoms with Crippen molar-refractivity contribution in [3.63, 3.8) is 0 Å². The lowest BCUT2D eigenvalue weighted by Crippen LogP contribution is -2.22. The number of amides is 1. The molecule has 30 heavy (non-hydrogen) atoms. The van der Waals surface area contributed by atoms with Crippen LogP contribution in [-0.2, 0) is 4.79 Å². The van der Waals surface area contributed by atoms with Crippen LogP contribution in [0.3, 0.4) is 0 Å². The maximum Gasteiger partial charge on any atom is 0.266 e. The number of aromatic nitrogens is 2.